The van der Waals surface area contributed by atoms with E-state index in [1.165, 1.54) is 15.8 Å². The lowest BCUT2D eigenvalue weighted by molar-refractivity contribution is 0.701. The molecule has 0 saturated heterocycles. The molecule has 1 aromatic rings. The first-order chi connectivity index (χ1) is 5.74. The highest BCUT2D eigenvalue weighted by molar-refractivity contribution is 9.15. The third-order valence-corrected chi connectivity index (χ3v) is 3.69. The Kier molecular flexibility index (Phi) is 4.02. The lowest BCUT2D eigenvalue weighted by Crippen LogP contribution is -1.85. The predicted octanol–water partition coefficient (Wildman–Crippen LogP) is 4.53. The van der Waals surface area contributed by atoms with Crippen LogP contribution in [0.5, 0.6) is 0 Å². The summed E-state index contributed by atoms with van der Waals surface area (Å²) in [5.74, 6) is 0.654. The second-order valence-electron chi connectivity index (χ2n) is 2.88. The van der Waals surface area contributed by atoms with E-state index in [1.54, 1.807) is 11.3 Å². The summed E-state index contributed by atoms with van der Waals surface area (Å²) in [6.07, 6.45) is 3.46. The van der Waals surface area contributed by atoms with Gasteiger partial charge in [0.1, 0.15) is 0 Å². The molecule has 0 amide bonds. The average Bonchev–Trinajstić information content (AvgIpc) is 2.56. The van der Waals surface area contributed by atoms with Gasteiger partial charge in [0, 0.05) is 9.36 Å². The fourth-order valence-electron chi connectivity index (χ4n) is 0.864. The Balaban J connectivity index is 2.71. The molecule has 1 atom stereocenters. The Morgan fingerprint density at radius 3 is 3.00 bits per heavy atom. The molecular weight excluding hydrogens is 232 g/mol. The number of hydrogen-bond donors (Lipinski definition) is 0. The van der Waals surface area contributed by atoms with Crippen LogP contribution >= 0.6 is 27.3 Å². The van der Waals surface area contributed by atoms with Crippen LogP contribution in [-0.2, 0) is 0 Å². The van der Waals surface area contributed by atoms with Gasteiger partial charge in [0.05, 0.1) is 0 Å². The zero-order valence-electron chi connectivity index (χ0n) is 7.38. The van der Waals surface area contributed by atoms with Gasteiger partial charge in [-0.3, -0.25) is 0 Å². The number of allylic oxidation sites excluding steroid dienone is 1. The van der Waals surface area contributed by atoms with Crippen LogP contribution in [0.1, 0.15) is 25.1 Å². The maximum Gasteiger partial charge on any atom is 0.0409 e. The molecule has 0 radical (unpaired) electrons. The normalized spacial score (nSPS) is 14.8. The zero-order valence-corrected chi connectivity index (χ0v) is 9.78. The second kappa shape index (κ2) is 4.83. The molecule has 0 aromatic carbocycles. The minimum absolute atomic E-state index is 0.654. The zero-order chi connectivity index (χ0) is 8.97. The first kappa shape index (κ1) is 10.0. The van der Waals surface area contributed by atoms with Crippen molar-refractivity contribution in [3.05, 3.63) is 28.5 Å². The van der Waals surface area contributed by atoms with Gasteiger partial charge >= 0.3 is 0 Å². The first-order valence-electron chi connectivity index (χ1n) is 4.15. The second-order valence-corrected chi connectivity index (χ2v) is 4.68. The molecule has 0 bridgehead atoms. The van der Waals surface area contributed by atoms with Crippen molar-refractivity contribution in [3.8, 4) is 0 Å². The molecule has 0 aliphatic rings. The van der Waals surface area contributed by atoms with E-state index in [0.717, 1.165) is 0 Å². The van der Waals surface area contributed by atoms with Gasteiger partial charge in [-0.05, 0) is 33.3 Å². The molecule has 1 aromatic heterocycles. The van der Waals surface area contributed by atoms with Gasteiger partial charge in [0.2, 0.25) is 0 Å². The van der Waals surface area contributed by atoms with Gasteiger partial charge in [-0.2, -0.15) is 0 Å². The van der Waals surface area contributed by atoms with E-state index in [4.69, 9.17) is 0 Å². The van der Waals surface area contributed by atoms with E-state index in [9.17, 15) is 0 Å². The SMILES string of the molecule is CC[C@H](C)/C=C(\Br)c1cccs1. The lowest BCUT2D eigenvalue weighted by Gasteiger charge is -2.01. The molecule has 0 unspecified atom stereocenters. The van der Waals surface area contributed by atoms with Crippen molar-refractivity contribution in [2.24, 2.45) is 5.92 Å². The summed E-state index contributed by atoms with van der Waals surface area (Å²) in [7, 11) is 0. The molecule has 0 fully saturated rings. The Bertz CT molecular complexity index is 249. The number of hydrogen-bond acceptors (Lipinski definition) is 1. The summed E-state index contributed by atoms with van der Waals surface area (Å²) in [6, 6.07) is 4.21. The fraction of sp³-hybridized carbons (Fsp3) is 0.400. The Labute approximate surface area is 86.4 Å². The lowest BCUT2D eigenvalue weighted by atomic mass is 10.1. The summed E-state index contributed by atoms with van der Waals surface area (Å²) in [5, 5.41) is 2.10. The van der Waals surface area contributed by atoms with Gasteiger partial charge < -0.3 is 0 Å². The summed E-state index contributed by atoms with van der Waals surface area (Å²) in [5.41, 5.74) is 0. The van der Waals surface area contributed by atoms with Gasteiger partial charge in [-0.25, -0.2) is 0 Å². The molecule has 0 spiro atoms. The Morgan fingerprint density at radius 2 is 2.50 bits per heavy atom. The van der Waals surface area contributed by atoms with Crippen molar-refractivity contribution in [2.45, 2.75) is 20.3 Å². The van der Waals surface area contributed by atoms with Crippen molar-refractivity contribution in [1.29, 1.82) is 0 Å². The van der Waals surface area contributed by atoms with Crippen LogP contribution in [0.2, 0.25) is 0 Å². The molecule has 12 heavy (non-hydrogen) atoms. The molecule has 0 aliphatic heterocycles. The van der Waals surface area contributed by atoms with Crippen LogP contribution in [0.25, 0.3) is 4.48 Å². The van der Waals surface area contributed by atoms with E-state index in [1.807, 2.05) is 0 Å². The number of halogens is 1. The largest absolute Gasteiger partial charge is 0.143 e. The van der Waals surface area contributed by atoms with Crippen LogP contribution in [0.4, 0.5) is 0 Å². The van der Waals surface area contributed by atoms with E-state index < -0.39 is 0 Å². The van der Waals surface area contributed by atoms with Gasteiger partial charge in [0.15, 0.2) is 0 Å². The average molecular weight is 245 g/mol. The topological polar surface area (TPSA) is 0 Å². The summed E-state index contributed by atoms with van der Waals surface area (Å²) in [4.78, 5) is 1.32. The fourth-order valence-corrected chi connectivity index (χ4v) is 2.37. The van der Waals surface area contributed by atoms with Crippen molar-refractivity contribution in [1.82, 2.24) is 0 Å². The van der Waals surface area contributed by atoms with Gasteiger partial charge in [-0.1, -0.05) is 32.4 Å². The number of thiophene rings is 1. The third kappa shape index (κ3) is 2.76. The molecule has 0 nitrogen and oxygen atoms in total. The van der Waals surface area contributed by atoms with Crippen LogP contribution in [0.15, 0.2) is 23.6 Å². The van der Waals surface area contributed by atoms with E-state index >= 15 is 0 Å². The van der Waals surface area contributed by atoms with E-state index in [2.05, 4.69) is 53.4 Å². The van der Waals surface area contributed by atoms with E-state index in [-0.39, 0.29) is 0 Å². The maximum atomic E-state index is 3.58. The monoisotopic (exact) mass is 244 g/mol. The quantitative estimate of drug-likeness (QED) is 0.733. The minimum atomic E-state index is 0.654. The first-order valence-corrected chi connectivity index (χ1v) is 5.82. The summed E-state index contributed by atoms with van der Waals surface area (Å²) in [6.45, 7) is 4.44. The van der Waals surface area contributed by atoms with Crippen LogP contribution in [-0.4, -0.2) is 0 Å². The summed E-state index contributed by atoms with van der Waals surface area (Å²) >= 11 is 5.35. The van der Waals surface area contributed by atoms with Crippen molar-refractivity contribution >= 4 is 31.7 Å². The van der Waals surface area contributed by atoms with Crippen LogP contribution in [0, 0.1) is 5.92 Å². The Morgan fingerprint density at radius 1 is 1.75 bits per heavy atom. The van der Waals surface area contributed by atoms with Crippen LogP contribution in [0.3, 0.4) is 0 Å². The molecule has 0 aliphatic carbocycles. The predicted molar refractivity (Wildman–Crippen MR) is 60.7 cm³/mol. The highest BCUT2D eigenvalue weighted by Crippen LogP contribution is 2.27. The molecule has 66 valence electrons. The van der Waals surface area contributed by atoms with Crippen molar-refractivity contribution in [3.63, 3.8) is 0 Å². The maximum absolute atomic E-state index is 3.58. The summed E-state index contributed by atoms with van der Waals surface area (Å²) < 4.78 is 1.23. The van der Waals surface area contributed by atoms with Gasteiger partial charge in [-0.15, -0.1) is 11.3 Å². The van der Waals surface area contributed by atoms with Crippen molar-refractivity contribution in [2.75, 3.05) is 0 Å². The molecule has 0 N–H and O–H groups in total. The molecule has 0 saturated carbocycles. The molecule has 1 heterocycles. The van der Waals surface area contributed by atoms with E-state index in [0.29, 0.717) is 5.92 Å². The van der Waals surface area contributed by atoms with Gasteiger partial charge in [0.25, 0.3) is 0 Å². The smallest absolute Gasteiger partial charge is 0.0409 e. The highest BCUT2D eigenvalue weighted by Gasteiger charge is 2.00. The molecular formula is C10H13BrS. The standard InChI is InChI=1S/C10H13BrS/c1-3-8(2)7-9(11)10-5-4-6-12-10/h4-8H,3H2,1-2H3/b9-7-/t8-/m0/s1. The van der Waals surface area contributed by atoms with Crippen molar-refractivity contribution < 1.29 is 0 Å². The highest BCUT2D eigenvalue weighted by atomic mass is 79.9. The third-order valence-electron chi connectivity index (χ3n) is 1.83. The number of rotatable bonds is 3. The minimum Gasteiger partial charge on any atom is -0.143 e. The Hall–Kier alpha value is -0.0800. The van der Waals surface area contributed by atoms with Crippen LogP contribution < -0.4 is 0 Å². The molecule has 2 heteroatoms. The molecule has 1 rings (SSSR count).